The van der Waals surface area contributed by atoms with E-state index in [0.29, 0.717) is 12.5 Å². The standard InChI is InChI=1S/C15H27NO2/c1-2-3-4-5-6-7-15(18)16-14-10-8-13(12-17)9-11-14/h12-14H,2-11H2,1H3,(H,16,18). The Labute approximate surface area is 111 Å². The molecule has 0 unspecified atom stereocenters. The number of aldehydes is 1. The molecule has 1 aliphatic rings. The summed E-state index contributed by atoms with van der Waals surface area (Å²) in [6.45, 7) is 2.20. The minimum Gasteiger partial charge on any atom is -0.353 e. The largest absolute Gasteiger partial charge is 0.353 e. The van der Waals surface area contributed by atoms with Gasteiger partial charge in [-0.3, -0.25) is 4.79 Å². The molecule has 0 saturated heterocycles. The fourth-order valence-corrected chi connectivity index (χ4v) is 2.59. The third-order valence-corrected chi connectivity index (χ3v) is 3.84. The maximum absolute atomic E-state index is 11.7. The van der Waals surface area contributed by atoms with Crippen molar-refractivity contribution in [3.8, 4) is 0 Å². The Morgan fingerprint density at radius 3 is 2.39 bits per heavy atom. The molecular weight excluding hydrogens is 226 g/mol. The molecule has 1 rings (SSSR count). The zero-order valence-corrected chi connectivity index (χ0v) is 11.6. The first-order chi connectivity index (χ1) is 8.76. The van der Waals surface area contributed by atoms with Crippen LogP contribution in [0.1, 0.15) is 71.1 Å². The van der Waals surface area contributed by atoms with Gasteiger partial charge in [-0.25, -0.2) is 0 Å². The van der Waals surface area contributed by atoms with Crippen LogP contribution in [0.25, 0.3) is 0 Å². The van der Waals surface area contributed by atoms with Gasteiger partial charge >= 0.3 is 0 Å². The van der Waals surface area contributed by atoms with Crippen molar-refractivity contribution in [2.45, 2.75) is 77.2 Å². The summed E-state index contributed by atoms with van der Waals surface area (Å²) in [5.41, 5.74) is 0. The normalized spacial score (nSPS) is 23.6. The molecule has 1 saturated carbocycles. The van der Waals surface area contributed by atoms with E-state index < -0.39 is 0 Å². The van der Waals surface area contributed by atoms with Gasteiger partial charge in [-0.05, 0) is 32.1 Å². The second-order valence-electron chi connectivity index (χ2n) is 5.48. The summed E-state index contributed by atoms with van der Waals surface area (Å²) in [5, 5.41) is 3.10. The van der Waals surface area contributed by atoms with Crippen molar-refractivity contribution < 1.29 is 9.59 Å². The second-order valence-corrected chi connectivity index (χ2v) is 5.48. The van der Waals surface area contributed by atoms with E-state index in [2.05, 4.69) is 12.2 Å². The smallest absolute Gasteiger partial charge is 0.220 e. The highest BCUT2D eigenvalue weighted by molar-refractivity contribution is 5.76. The van der Waals surface area contributed by atoms with Gasteiger partial charge in [0.25, 0.3) is 0 Å². The maximum atomic E-state index is 11.7. The van der Waals surface area contributed by atoms with E-state index in [0.717, 1.165) is 38.4 Å². The molecule has 0 aromatic carbocycles. The van der Waals surface area contributed by atoms with Gasteiger partial charge in [0.1, 0.15) is 6.29 Å². The SMILES string of the molecule is CCCCCCCC(=O)NC1CCC(C=O)CC1. The summed E-state index contributed by atoms with van der Waals surface area (Å²) in [6, 6.07) is 0.310. The van der Waals surface area contributed by atoms with Crippen LogP contribution in [0.2, 0.25) is 0 Å². The molecule has 18 heavy (non-hydrogen) atoms. The lowest BCUT2D eigenvalue weighted by Crippen LogP contribution is -2.37. The summed E-state index contributed by atoms with van der Waals surface area (Å²) in [6.07, 6.45) is 11.5. The first-order valence-corrected chi connectivity index (χ1v) is 7.51. The van der Waals surface area contributed by atoms with E-state index in [1.165, 1.54) is 25.7 Å². The van der Waals surface area contributed by atoms with Gasteiger partial charge in [-0.15, -0.1) is 0 Å². The lowest BCUT2D eigenvalue weighted by Gasteiger charge is -2.26. The van der Waals surface area contributed by atoms with E-state index in [9.17, 15) is 9.59 Å². The van der Waals surface area contributed by atoms with Crippen LogP contribution in [0.5, 0.6) is 0 Å². The molecule has 1 amide bonds. The zero-order chi connectivity index (χ0) is 13.2. The number of rotatable bonds is 8. The van der Waals surface area contributed by atoms with Crippen LogP contribution in [-0.4, -0.2) is 18.2 Å². The minimum absolute atomic E-state index is 0.195. The van der Waals surface area contributed by atoms with Gasteiger partial charge in [-0.1, -0.05) is 32.6 Å². The Morgan fingerprint density at radius 1 is 1.11 bits per heavy atom. The molecule has 3 heteroatoms. The summed E-state index contributed by atoms with van der Waals surface area (Å²) in [5.74, 6) is 0.424. The Bertz CT molecular complexity index is 245. The molecule has 1 N–H and O–H groups in total. The predicted molar refractivity (Wildman–Crippen MR) is 73.3 cm³/mol. The molecule has 104 valence electrons. The van der Waals surface area contributed by atoms with Crippen molar-refractivity contribution in [3.05, 3.63) is 0 Å². The number of hydrogen-bond donors (Lipinski definition) is 1. The molecule has 0 heterocycles. The predicted octanol–water partition coefficient (Wildman–Crippen LogP) is 3.22. The van der Waals surface area contributed by atoms with Gasteiger partial charge in [0.2, 0.25) is 5.91 Å². The van der Waals surface area contributed by atoms with Crippen molar-refractivity contribution in [1.29, 1.82) is 0 Å². The number of hydrogen-bond acceptors (Lipinski definition) is 2. The molecule has 0 aromatic rings. The van der Waals surface area contributed by atoms with Gasteiger partial charge in [-0.2, -0.15) is 0 Å². The van der Waals surface area contributed by atoms with Crippen molar-refractivity contribution in [2.75, 3.05) is 0 Å². The van der Waals surface area contributed by atoms with Gasteiger partial charge in [0.15, 0.2) is 0 Å². The Hall–Kier alpha value is -0.860. The Kier molecular flexibility index (Phi) is 7.70. The number of nitrogens with one attached hydrogen (secondary N) is 1. The molecule has 0 radical (unpaired) electrons. The molecular formula is C15H27NO2. The Balaban J connectivity index is 2.04. The first kappa shape index (κ1) is 15.2. The number of amides is 1. The molecule has 1 fully saturated rings. The third kappa shape index (κ3) is 6.18. The highest BCUT2D eigenvalue weighted by Gasteiger charge is 2.21. The van der Waals surface area contributed by atoms with Crippen molar-refractivity contribution >= 4 is 12.2 Å². The molecule has 0 bridgehead atoms. The van der Waals surface area contributed by atoms with Crippen LogP contribution in [0.4, 0.5) is 0 Å². The monoisotopic (exact) mass is 253 g/mol. The van der Waals surface area contributed by atoms with Gasteiger partial charge < -0.3 is 10.1 Å². The van der Waals surface area contributed by atoms with Crippen molar-refractivity contribution in [3.63, 3.8) is 0 Å². The molecule has 3 nitrogen and oxygen atoms in total. The summed E-state index contributed by atoms with van der Waals surface area (Å²) >= 11 is 0. The average Bonchev–Trinajstić information content (AvgIpc) is 2.39. The molecule has 0 aliphatic heterocycles. The quantitative estimate of drug-likeness (QED) is 0.533. The van der Waals surface area contributed by atoms with Crippen LogP contribution in [-0.2, 0) is 9.59 Å². The van der Waals surface area contributed by atoms with E-state index in [1.54, 1.807) is 0 Å². The van der Waals surface area contributed by atoms with Gasteiger partial charge in [0.05, 0.1) is 0 Å². The van der Waals surface area contributed by atoms with Crippen LogP contribution in [0.3, 0.4) is 0 Å². The lowest BCUT2D eigenvalue weighted by atomic mass is 9.87. The minimum atomic E-state index is 0.195. The van der Waals surface area contributed by atoms with Crippen LogP contribution in [0, 0.1) is 5.92 Å². The topological polar surface area (TPSA) is 46.2 Å². The second kappa shape index (κ2) is 9.12. The number of carbonyl (C=O) groups is 2. The highest BCUT2D eigenvalue weighted by Crippen LogP contribution is 2.22. The molecule has 0 spiro atoms. The summed E-state index contributed by atoms with van der Waals surface area (Å²) in [7, 11) is 0. The number of carbonyl (C=O) groups excluding carboxylic acids is 2. The summed E-state index contributed by atoms with van der Waals surface area (Å²) in [4.78, 5) is 22.3. The number of unbranched alkanes of at least 4 members (excludes halogenated alkanes) is 4. The van der Waals surface area contributed by atoms with Crippen LogP contribution >= 0.6 is 0 Å². The van der Waals surface area contributed by atoms with E-state index >= 15 is 0 Å². The molecule has 1 aliphatic carbocycles. The third-order valence-electron chi connectivity index (χ3n) is 3.84. The highest BCUT2D eigenvalue weighted by atomic mass is 16.1. The first-order valence-electron chi connectivity index (χ1n) is 7.51. The fraction of sp³-hybridized carbons (Fsp3) is 0.867. The van der Waals surface area contributed by atoms with Gasteiger partial charge in [0, 0.05) is 18.4 Å². The molecule has 0 aromatic heterocycles. The molecule has 0 atom stereocenters. The van der Waals surface area contributed by atoms with Crippen molar-refractivity contribution in [1.82, 2.24) is 5.32 Å². The van der Waals surface area contributed by atoms with Crippen LogP contribution < -0.4 is 5.32 Å². The summed E-state index contributed by atoms with van der Waals surface area (Å²) < 4.78 is 0. The van der Waals surface area contributed by atoms with E-state index in [1.807, 2.05) is 0 Å². The Morgan fingerprint density at radius 2 is 1.78 bits per heavy atom. The van der Waals surface area contributed by atoms with E-state index in [-0.39, 0.29) is 11.8 Å². The van der Waals surface area contributed by atoms with Crippen LogP contribution in [0.15, 0.2) is 0 Å². The lowest BCUT2D eigenvalue weighted by molar-refractivity contribution is -0.122. The fourth-order valence-electron chi connectivity index (χ4n) is 2.59. The maximum Gasteiger partial charge on any atom is 0.220 e. The zero-order valence-electron chi connectivity index (χ0n) is 11.6. The van der Waals surface area contributed by atoms with Crippen molar-refractivity contribution in [2.24, 2.45) is 5.92 Å². The average molecular weight is 253 g/mol. The van der Waals surface area contributed by atoms with E-state index in [4.69, 9.17) is 0 Å².